The summed E-state index contributed by atoms with van der Waals surface area (Å²) in [6.07, 6.45) is 1.04. The first-order valence-electron chi connectivity index (χ1n) is 6.60. The fourth-order valence-electron chi connectivity index (χ4n) is 2.09. The molecule has 2 N–H and O–H groups in total. The minimum atomic E-state index is 0.560. The fourth-order valence-corrected chi connectivity index (χ4v) is 2.25. The van der Waals surface area contributed by atoms with Gasteiger partial charge in [-0.05, 0) is 52.1 Å². The van der Waals surface area contributed by atoms with Crippen LogP contribution in [0.3, 0.4) is 0 Å². The van der Waals surface area contributed by atoms with Gasteiger partial charge >= 0.3 is 0 Å². The molecule has 0 spiro atoms. The summed E-state index contributed by atoms with van der Waals surface area (Å²) in [6, 6.07) is 6.23. The maximum absolute atomic E-state index is 6.04. The maximum atomic E-state index is 6.04. The van der Waals surface area contributed by atoms with Gasteiger partial charge in [-0.2, -0.15) is 0 Å². The molecule has 1 heterocycles. The molecule has 5 heteroatoms. The third-order valence-corrected chi connectivity index (χ3v) is 3.75. The molecule has 0 amide bonds. The van der Waals surface area contributed by atoms with Gasteiger partial charge < -0.3 is 15.2 Å². The Bertz CT molecular complexity index is 562. The van der Waals surface area contributed by atoms with Crippen molar-refractivity contribution < 1.29 is 0 Å². The molecule has 0 aliphatic carbocycles. The summed E-state index contributed by atoms with van der Waals surface area (Å²) < 4.78 is 2.04. The van der Waals surface area contributed by atoms with E-state index in [9.17, 15) is 0 Å². The summed E-state index contributed by atoms with van der Waals surface area (Å²) in [6.45, 7) is 6.29. The Morgan fingerprint density at radius 2 is 2.16 bits per heavy atom. The molecule has 2 rings (SSSR count). The smallest absolute Gasteiger partial charge is 0.201 e. The minimum Gasteiger partial charge on any atom is -0.369 e. The van der Waals surface area contributed by atoms with Gasteiger partial charge in [-0.25, -0.2) is 4.98 Å². The van der Waals surface area contributed by atoms with Crippen LogP contribution in [0.1, 0.15) is 20.3 Å². The van der Waals surface area contributed by atoms with Crippen LogP contribution in [0, 0.1) is 0 Å². The second-order valence-corrected chi connectivity index (χ2v) is 5.62. The molecule has 0 unspecified atom stereocenters. The Balaban J connectivity index is 2.12. The van der Waals surface area contributed by atoms with Gasteiger partial charge in [0.15, 0.2) is 0 Å². The number of nitrogens with two attached hydrogens (primary N) is 1. The maximum Gasteiger partial charge on any atom is 0.201 e. The summed E-state index contributed by atoms with van der Waals surface area (Å²) in [4.78, 5) is 6.68. The lowest BCUT2D eigenvalue weighted by Crippen LogP contribution is -2.28. The molecule has 1 aromatic carbocycles. The molecular weight excluding hydrogens is 260 g/mol. The summed E-state index contributed by atoms with van der Waals surface area (Å²) in [7, 11) is 2.14. The second kappa shape index (κ2) is 5.80. The summed E-state index contributed by atoms with van der Waals surface area (Å²) in [5.41, 5.74) is 7.89. The lowest BCUT2D eigenvalue weighted by molar-refractivity contribution is 0.266. The first kappa shape index (κ1) is 14.2. The standard InChI is InChI=1S/C14H21ClN4/c1-10(2)18(3)7-4-8-19-13-9-11(15)5-6-12(13)17-14(19)16/h5-6,9-10H,4,7-8H2,1-3H3,(H2,16,17). The number of nitrogen functional groups attached to an aromatic ring is 1. The van der Waals surface area contributed by atoms with Crippen molar-refractivity contribution in [1.29, 1.82) is 0 Å². The van der Waals surface area contributed by atoms with Gasteiger partial charge in [0.05, 0.1) is 11.0 Å². The van der Waals surface area contributed by atoms with Crippen LogP contribution in [0.5, 0.6) is 0 Å². The van der Waals surface area contributed by atoms with E-state index in [-0.39, 0.29) is 0 Å². The first-order valence-corrected chi connectivity index (χ1v) is 6.98. The molecule has 0 atom stereocenters. The highest BCUT2D eigenvalue weighted by molar-refractivity contribution is 6.31. The highest BCUT2D eigenvalue weighted by atomic mass is 35.5. The Hall–Kier alpha value is -1.26. The molecule has 4 nitrogen and oxygen atoms in total. The number of imidazole rings is 1. The number of aryl methyl sites for hydroxylation is 1. The number of rotatable bonds is 5. The zero-order valence-corrected chi connectivity index (χ0v) is 12.5. The van der Waals surface area contributed by atoms with E-state index in [2.05, 4.69) is 30.8 Å². The highest BCUT2D eigenvalue weighted by Crippen LogP contribution is 2.22. The van der Waals surface area contributed by atoms with Gasteiger partial charge in [0, 0.05) is 17.6 Å². The third kappa shape index (κ3) is 3.19. The van der Waals surface area contributed by atoms with Crippen molar-refractivity contribution >= 4 is 28.6 Å². The number of hydrogen-bond acceptors (Lipinski definition) is 3. The van der Waals surface area contributed by atoms with Crippen LogP contribution in [0.4, 0.5) is 5.95 Å². The van der Waals surface area contributed by atoms with E-state index >= 15 is 0 Å². The van der Waals surface area contributed by atoms with Gasteiger partial charge in [-0.3, -0.25) is 0 Å². The Morgan fingerprint density at radius 1 is 1.42 bits per heavy atom. The van der Waals surface area contributed by atoms with E-state index in [4.69, 9.17) is 17.3 Å². The average molecular weight is 281 g/mol. The number of benzene rings is 1. The Labute approximate surface area is 119 Å². The van der Waals surface area contributed by atoms with E-state index < -0.39 is 0 Å². The second-order valence-electron chi connectivity index (χ2n) is 5.18. The number of nitrogens with zero attached hydrogens (tertiary/aromatic N) is 3. The molecule has 0 aliphatic heterocycles. The molecule has 104 valence electrons. The third-order valence-electron chi connectivity index (χ3n) is 3.51. The lowest BCUT2D eigenvalue weighted by atomic mass is 10.3. The molecule has 0 bridgehead atoms. The minimum absolute atomic E-state index is 0.560. The van der Waals surface area contributed by atoms with Crippen LogP contribution in [0.25, 0.3) is 11.0 Å². The van der Waals surface area contributed by atoms with Crippen molar-refractivity contribution in [3.63, 3.8) is 0 Å². The number of aromatic nitrogens is 2. The first-order chi connectivity index (χ1) is 8.99. The van der Waals surface area contributed by atoms with Crippen molar-refractivity contribution in [3.05, 3.63) is 23.2 Å². The van der Waals surface area contributed by atoms with Crippen molar-refractivity contribution in [2.45, 2.75) is 32.9 Å². The van der Waals surface area contributed by atoms with Gasteiger partial charge in [-0.1, -0.05) is 11.6 Å². The monoisotopic (exact) mass is 280 g/mol. The largest absolute Gasteiger partial charge is 0.369 e. The molecule has 2 aromatic rings. The number of hydrogen-bond donors (Lipinski definition) is 1. The predicted molar refractivity (Wildman–Crippen MR) is 81.5 cm³/mol. The Kier molecular flexibility index (Phi) is 4.32. The molecule has 19 heavy (non-hydrogen) atoms. The van der Waals surface area contributed by atoms with Gasteiger partial charge in [0.1, 0.15) is 0 Å². The van der Waals surface area contributed by atoms with Crippen molar-refractivity contribution in [1.82, 2.24) is 14.5 Å². The molecule has 0 saturated heterocycles. The van der Waals surface area contributed by atoms with E-state index in [0.29, 0.717) is 17.0 Å². The molecule has 0 fully saturated rings. The van der Waals surface area contributed by atoms with E-state index in [0.717, 1.165) is 30.5 Å². The average Bonchev–Trinajstić information content (AvgIpc) is 2.65. The number of halogens is 1. The van der Waals surface area contributed by atoms with E-state index in [1.807, 2.05) is 22.8 Å². The quantitative estimate of drug-likeness (QED) is 0.916. The number of fused-ring (bicyclic) bond motifs is 1. The van der Waals surface area contributed by atoms with E-state index in [1.54, 1.807) is 0 Å². The van der Waals surface area contributed by atoms with Crippen LogP contribution >= 0.6 is 11.6 Å². The van der Waals surface area contributed by atoms with Crippen molar-refractivity contribution in [2.75, 3.05) is 19.3 Å². The fraction of sp³-hybridized carbons (Fsp3) is 0.500. The summed E-state index contributed by atoms with van der Waals surface area (Å²) in [5, 5.41) is 0.716. The highest BCUT2D eigenvalue weighted by Gasteiger charge is 2.09. The SMILES string of the molecule is CC(C)N(C)CCCn1c(N)nc2ccc(Cl)cc21. The predicted octanol–water partition coefficient (Wildman–Crippen LogP) is 3.00. The van der Waals surface area contributed by atoms with Gasteiger partial charge in [0.25, 0.3) is 0 Å². The van der Waals surface area contributed by atoms with Crippen molar-refractivity contribution in [3.8, 4) is 0 Å². The molecule has 0 saturated carbocycles. The molecule has 0 aliphatic rings. The van der Waals surface area contributed by atoms with E-state index in [1.165, 1.54) is 0 Å². The molecular formula is C14H21ClN4. The van der Waals surface area contributed by atoms with Crippen LogP contribution in [-0.2, 0) is 6.54 Å². The van der Waals surface area contributed by atoms with Gasteiger partial charge in [0.2, 0.25) is 5.95 Å². The molecule has 0 radical (unpaired) electrons. The van der Waals surface area contributed by atoms with Crippen LogP contribution in [0.15, 0.2) is 18.2 Å². The zero-order chi connectivity index (χ0) is 14.0. The Morgan fingerprint density at radius 3 is 2.84 bits per heavy atom. The van der Waals surface area contributed by atoms with Crippen LogP contribution in [0.2, 0.25) is 5.02 Å². The van der Waals surface area contributed by atoms with Gasteiger partial charge in [-0.15, -0.1) is 0 Å². The topological polar surface area (TPSA) is 47.1 Å². The lowest BCUT2D eigenvalue weighted by Gasteiger charge is -2.21. The molecule has 1 aromatic heterocycles. The van der Waals surface area contributed by atoms with Crippen LogP contribution < -0.4 is 5.73 Å². The number of anilines is 1. The van der Waals surface area contributed by atoms with Crippen LogP contribution in [-0.4, -0.2) is 34.1 Å². The summed E-state index contributed by atoms with van der Waals surface area (Å²) in [5.74, 6) is 0.560. The zero-order valence-electron chi connectivity index (χ0n) is 11.7. The summed E-state index contributed by atoms with van der Waals surface area (Å²) >= 11 is 6.04. The van der Waals surface area contributed by atoms with Crippen molar-refractivity contribution in [2.24, 2.45) is 0 Å². The normalized spacial score (nSPS) is 11.9.